The Kier molecular flexibility index (Phi) is 4.09. The minimum Gasteiger partial charge on any atom is -0.464 e. The number of hydrogen-bond acceptors (Lipinski definition) is 3. The van der Waals surface area contributed by atoms with Gasteiger partial charge < -0.3 is 10.2 Å². The van der Waals surface area contributed by atoms with Crippen molar-refractivity contribution in [3.8, 4) is 0 Å². The molecule has 0 amide bonds. The van der Waals surface area contributed by atoms with Gasteiger partial charge in [-0.05, 0) is 40.2 Å². The van der Waals surface area contributed by atoms with Crippen molar-refractivity contribution in [2.45, 2.75) is 17.2 Å². The highest BCUT2D eigenvalue weighted by Gasteiger charge is 2.03. The van der Waals surface area contributed by atoms with Crippen molar-refractivity contribution in [1.82, 2.24) is 0 Å². The molecular formula is C12H12BrNOS. The van der Waals surface area contributed by atoms with E-state index >= 15 is 0 Å². The molecule has 0 aliphatic rings. The highest BCUT2D eigenvalue weighted by atomic mass is 79.9. The summed E-state index contributed by atoms with van der Waals surface area (Å²) < 4.78 is 6.65. The van der Waals surface area contributed by atoms with Crippen LogP contribution in [0.15, 0.2) is 50.2 Å². The molecule has 0 saturated carbocycles. The van der Waals surface area contributed by atoms with E-state index in [4.69, 9.17) is 10.2 Å². The van der Waals surface area contributed by atoms with Crippen molar-refractivity contribution in [1.29, 1.82) is 0 Å². The second-order valence-corrected chi connectivity index (χ2v) is 5.16. The summed E-state index contributed by atoms with van der Waals surface area (Å²) in [4.78, 5) is 1.22. The molecule has 0 fully saturated rings. The topological polar surface area (TPSA) is 39.2 Å². The van der Waals surface area contributed by atoms with Crippen molar-refractivity contribution < 1.29 is 4.42 Å². The lowest BCUT2D eigenvalue weighted by atomic mass is 10.4. The molecule has 16 heavy (non-hydrogen) atoms. The van der Waals surface area contributed by atoms with Crippen LogP contribution in [0, 0.1) is 0 Å². The first kappa shape index (κ1) is 11.8. The van der Waals surface area contributed by atoms with Crippen molar-refractivity contribution >= 4 is 27.7 Å². The maximum absolute atomic E-state index is 5.53. The molecule has 1 heterocycles. The first-order valence-corrected chi connectivity index (χ1v) is 6.72. The third-order valence-corrected chi connectivity index (χ3v) is 4.17. The average molecular weight is 298 g/mol. The predicted molar refractivity (Wildman–Crippen MR) is 70.3 cm³/mol. The molecule has 1 aromatic carbocycles. The Balaban J connectivity index is 1.99. The van der Waals surface area contributed by atoms with Gasteiger partial charge in [0.15, 0.2) is 0 Å². The van der Waals surface area contributed by atoms with Crippen LogP contribution in [0.4, 0.5) is 0 Å². The number of halogens is 1. The highest BCUT2D eigenvalue weighted by Crippen LogP contribution is 2.29. The van der Waals surface area contributed by atoms with Crippen LogP contribution in [0.25, 0.3) is 0 Å². The van der Waals surface area contributed by atoms with E-state index in [-0.39, 0.29) is 0 Å². The lowest BCUT2D eigenvalue weighted by Gasteiger charge is -2.01. The van der Waals surface area contributed by atoms with Crippen molar-refractivity contribution in [3.05, 3.63) is 52.4 Å². The molecule has 0 radical (unpaired) electrons. The van der Waals surface area contributed by atoms with E-state index in [9.17, 15) is 0 Å². The summed E-state index contributed by atoms with van der Waals surface area (Å²) in [7, 11) is 0. The summed E-state index contributed by atoms with van der Waals surface area (Å²) in [5.41, 5.74) is 5.49. The van der Waals surface area contributed by atoms with Gasteiger partial charge in [-0.1, -0.05) is 12.1 Å². The Hall–Kier alpha value is -0.710. The van der Waals surface area contributed by atoms with E-state index in [2.05, 4.69) is 22.0 Å². The maximum Gasteiger partial charge on any atom is 0.117 e. The van der Waals surface area contributed by atoms with Gasteiger partial charge in [-0.3, -0.25) is 0 Å². The molecule has 2 aromatic rings. The number of furan rings is 1. The molecule has 2 nitrogen and oxygen atoms in total. The van der Waals surface area contributed by atoms with Crippen LogP contribution >= 0.6 is 27.7 Å². The molecule has 0 bridgehead atoms. The van der Waals surface area contributed by atoms with E-state index < -0.39 is 0 Å². The van der Waals surface area contributed by atoms with Gasteiger partial charge in [0.2, 0.25) is 0 Å². The van der Waals surface area contributed by atoms with E-state index in [1.54, 1.807) is 11.8 Å². The third kappa shape index (κ3) is 2.90. The summed E-state index contributed by atoms with van der Waals surface area (Å²) in [6.45, 7) is 0.458. The van der Waals surface area contributed by atoms with Gasteiger partial charge in [-0.15, -0.1) is 11.8 Å². The van der Waals surface area contributed by atoms with Crippen LogP contribution in [-0.4, -0.2) is 0 Å². The fourth-order valence-corrected chi connectivity index (χ4v) is 2.78. The van der Waals surface area contributed by atoms with Crippen LogP contribution in [0.3, 0.4) is 0 Å². The first-order valence-electron chi connectivity index (χ1n) is 4.94. The zero-order valence-electron chi connectivity index (χ0n) is 8.65. The summed E-state index contributed by atoms with van der Waals surface area (Å²) >= 11 is 5.26. The molecule has 0 aliphatic heterocycles. The molecule has 0 saturated heterocycles. The predicted octanol–water partition coefficient (Wildman–Crippen LogP) is 3.79. The van der Waals surface area contributed by atoms with Crippen LogP contribution in [-0.2, 0) is 12.3 Å². The van der Waals surface area contributed by atoms with Crippen molar-refractivity contribution in [3.63, 3.8) is 0 Å². The molecule has 4 heteroatoms. The summed E-state index contributed by atoms with van der Waals surface area (Å²) in [5.74, 6) is 2.62. The smallest absolute Gasteiger partial charge is 0.117 e. The normalized spacial score (nSPS) is 10.6. The van der Waals surface area contributed by atoms with Gasteiger partial charge in [-0.2, -0.15) is 0 Å². The lowest BCUT2D eigenvalue weighted by molar-refractivity contribution is 0.482. The summed E-state index contributed by atoms with van der Waals surface area (Å²) in [5, 5.41) is 0. The van der Waals surface area contributed by atoms with Gasteiger partial charge in [0.05, 0.1) is 12.3 Å². The minimum atomic E-state index is 0.458. The second kappa shape index (κ2) is 5.57. The Bertz CT molecular complexity index is 470. The number of hydrogen-bond donors (Lipinski definition) is 1. The summed E-state index contributed by atoms with van der Waals surface area (Å²) in [6.07, 6.45) is 0. The molecule has 84 valence electrons. The summed E-state index contributed by atoms with van der Waals surface area (Å²) in [6, 6.07) is 12.1. The monoisotopic (exact) mass is 297 g/mol. The third-order valence-electron chi connectivity index (χ3n) is 2.13. The maximum atomic E-state index is 5.53. The standard InChI is InChI=1S/C12H12BrNOS/c13-11-3-1-2-4-12(11)16-8-10-6-5-9(7-14)15-10/h1-6H,7-8,14H2. The Morgan fingerprint density at radius 2 is 1.88 bits per heavy atom. The molecule has 0 spiro atoms. The fraction of sp³-hybridized carbons (Fsp3) is 0.167. The van der Waals surface area contributed by atoms with Crippen molar-refractivity contribution in [2.75, 3.05) is 0 Å². The zero-order chi connectivity index (χ0) is 11.4. The van der Waals surface area contributed by atoms with E-state index in [1.165, 1.54) is 4.90 Å². The number of thioether (sulfide) groups is 1. The van der Waals surface area contributed by atoms with Gasteiger partial charge in [0, 0.05) is 9.37 Å². The zero-order valence-corrected chi connectivity index (χ0v) is 11.1. The lowest BCUT2D eigenvalue weighted by Crippen LogP contribution is -1.92. The SMILES string of the molecule is NCc1ccc(CSc2ccccc2Br)o1. The highest BCUT2D eigenvalue weighted by molar-refractivity contribution is 9.10. The Morgan fingerprint density at radius 3 is 2.56 bits per heavy atom. The number of benzene rings is 1. The fourth-order valence-electron chi connectivity index (χ4n) is 1.32. The second-order valence-electron chi connectivity index (χ2n) is 3.29. The largest absolute Gasteiger partial charge is 0.464 e. The number of rotatable bonds is 4. The molecule has 2 N–H and O–H groups in total. The van der Waals surface area contributed by atoms with Crippen LogP contribution < -0.4 is 5.73 Å². The Morgan fingerprint density at radius 1 is 1.12 bits per heavy atom. The van der Waals surface area contributed by atoms with E-state index in [0.29, 0.717) is 6.54 Å². The average Bonchev–Trinajstić information content (AvgIpc) is 2.76. The van der Waals surface area contributed by atoms with Crippen LogP contribution in [0.2, 0.25) is 0 Å². The van der Waals surface area contributed by atoms with Crippen LogP contribution in [0.5, 0.6) is 0 Å². The number of nitrogens with two attached hydrogens (primary N) is 1. The van der Waals surface area contributed by atoms with Gasteiger partial charge >= 0.3 is 0 Å². The van der Waals surface area contributed by atoms with Gasteiger partial charge in [0.1, 0.15) is 11.5 Å². The van der Waals surface area contributed by atoms with Gasteiger partial charge in [-0.25, -0.2) is 0 Å². The first-order chi connectivity index (χ1) is 7.79. The van der Waals surface area contributed by atoms with E-state index in [1.807, 2.05) is 30.3 Å². The molecule has 2 rings (SSSR count). The van der Waals surface area contributed by atoms with Crippen molar-refractivity contribution in [2.24, 2.45) is 5.73 Å². The molecule has 0 unspecified atom stereocenters. The molecule has 0 aliphatic carbocycles. The quantitative estimate of drug-likeness (QED) is 0.873. The molecule has 1 aromatic heterocycles. The Labute approximate surface area is 107 Å². The molecule has 0 atom stereocenters. The molecular weight excluding hydrogens is 286 g/mol. The minimum absolute atomic E-state index is 0.458. The van der Waals surface area contributed by atoms with Crippen LogP contribution in [0.1, 0.15) is 11.5 Å². The van der Waals surface area contributed by atoms with Gasteiger partial charge in [0.25, 0.3) is 0 Å². The van der Waals surface area contributed by atoms with E-state index in [0.717, 1.165) is 21.7 Å².